The van der Waals surface area contributed by atoms with Crippen molar-refractivity contribution in [3.05, 3.63) is 59.7 Å². The molecule has 0 saturated carbocycles. The first-order chi connectivity index (χ1) is 11.0. The third-order valence-corrected chi connectivity index (χ3v) is 2.85. The number of ether oxygens (including phenoxy) is 2. The predicted octanol–water partition coefficient (Wildman–Crippen LogP) is 2.77. The van der Waals surface area contributed by atoms with Crippen molar-refractivity contribution >= 4 is 17.6 Å². The Labute approximate surface area is 130 Å². The van der Waals surface area contributed by atoms with Gasteiger partial charge in [0.2, 0.25) is 0 Å². The number of methoxy groups -OCH3 is 1. The van der Waals surface area contributed by atoms with Crippen LogP contribution in [0.2, 0.25) is 0 Å². The lowest BCUT2D eigenvalue weighted by Crippen LogP contribution is -2.21. The van der Waals surface area contributed by atoms with Crippen LogP contribution in [-0.4, -0.2) is 25.6 Å². The molecule has 5 nitrogen and oxygen atoms in total. The van der Waals surface area contributed by atoms with Crippen molar-refractivity contribution in [2.24, 2.45) is 0 Å². The van der Waals surface area contributed by atoms with Crippen molar-refractivity contribution < 1.29 is 27.8 Å². The summed E-state index contributed by atoms with van der Waals surface area (Å²) in [6, 6.07) is 8.89. The zero-order chi connectivity index (χ0) is 16.8. The van der Waals surface area contributed by atoms with Gasteiger partial charge in [-0.15, -0.1) is 0 Å². The summed E-state index contributed by atoms with van der Waals surface area (Å²) in [4.78, 5) is 23.3. The van der Waals surface area contributed by atoms with Crippen LogP contribution in [0, 0.1) is 11.6 Å². The molecule has 1 amide bonds. The van der Waals surface area contributed by atoms with E-state index in [4.69, 9.17) is 4.74 Å². The van der Waals surface area contributed by atoms with E-state index in [1.54, 1.807) is 12.1 Å². The van der Waals surface area contributed by atoms with E-state index in [2.05, 4.69) is 10.1 Å². The number of rotatable bonds is 5. The molecule has 1 N–H and O–H groups in total. The van der Waals surface area contributed by atoms with Gasteiger partial charge < -0.3 is 14.8 Å². The maximum Gasteiger partial charge on any atom is 0.341 e. The highest BCUT2D eigenvalue weighted by Gasteiger charge is 2.14. The molecular formula is C16H13F2NO4. The van der Waals surface area contributed by atoms with Crippen LogP contribution in [0.3, 0.4) is 0 Å². The number of hydrogen-bond acceptors (Lipinski definition) is 4. The van der Waals surface area contributed by atoms with Gasteiger partial charge in [0.25, 0.3) is 5.91 Å². The highest BCUT2D eigenvalue weighted by molar-refractivity contribution is 5.94. The molecule has 0 atom stereocenters. The minimum Gasteiger partial charge on any atom is -0.483 e. The molecule has 23 heavy (non-hydrogen) atoms. The highest BCUT2D eigenvalue weighted by atomic mass is 19.1. The van der Waals surface area contributed by atoms with Crippen molar-refractivity contribution in [2.75, 3.05) is 19.0 Å². The molecule has 0 aliphatic rings. The number of nitrogens with one attached hydrogen (secondary N) is 1. The summed E-state index contributed by atoms with van der Waals surface area (Å²) in [7, 11) is 1.22. The van der Waals surface area contributed by atoms with Crippen molar-refractivity contribution in [1.82, 2.24) is 0 Å². The summed E-state index contributed by atoms with van der Waals surface area (Å²) in [5, 5.41) is 2.19. The van der Waals surface area contributed by atoms with E-state index in [1.807, 2.05) is 0 Å². The molecule has 0 heterocycles. The molecule has 120 valence electrons. The Bertz CT molecular complexity index is 734. The molecule has 0 saturated heterocycles. The first-order valence-electron chi connectivity index (χ1n) is 6.56. The fourth-order valence-electron chi connectivity index (χ4n) is 1.79. The zero-order valence-electron chi connectivity index (χ0n) is 12.1. The lowest BCUT2D eigenvalue weighted by atomic mass is 10.2. The average molecular weight is 321 g/mol. The van der Waals surface area contributed by atoms with E-state index in [0.29, 0.717) is 0 Å². The molecule has 2 aromatic carbocycles. The van der Waals surface area contributed by atoms with Crippen LogP contribution >= 0.6 is 0 Å². The molecule has 0 unspecified atom stereocenters. The van der Waals surface area contributed by atoms with Crippen LogP contribution in [0.1, 0.15) is 10.4 Å². The number of hydrogen-bond donors (Lipinski definition) is 1. The lowest BCUT2D eigenvalue weighted by Gasteiger charge is -2.10. The lowest BCUT2D eigenvalue weighted by molar-refractivity contribution is -0.118. The minimum atomic E-state index is -0.769. The highest BCUT2D eigenvalue weighted by Crippen LogP contribution is 2.19. The summed E-state index contributed by atoms with van der Waals surface area (Å²) in [5.74, 6) is -2.62. The third kappa shape index (κ3) is 4.26. The number of para-hydroxylation sites is 1. The quantitative estimate of drug-likeness (QED) is 0.860. The zero-order valence-corrected chi connectivity index (χ0v) is 12.1. The second kappa shape index (κ2) is 7.35. The van der Waals surface area contributed by atoms with Crippen LogP contribution in [-0.2, 0) is 9.53 Å². The minimum absolute atomic E-state index is 0.147. The van der Waals surface area contributed by atoms with Gasteiger partial charge in [0, 0.05) is 6.07 Å². The molecule has 0 fully saturated rings. The van der Waals surface area contributed by atoms with Crippen LogP contribution in [0.5, 0.6) is 5.75 Å². The number of halogens is 2. The normalized spacial score (nSPS) is 10.0. The number of esters is 1. The van der Waals surface area contributed by atoms with Gasteiger partial charge in [-0.25, -0.2) is 13.6 Å². The monoisotopic (exact) mass is 321 g/mol. The van der Waals surface area contributed by atoms with Crippen LogP contribution < -0.4 is 10.1 Å². The number of carbonyl (C=O) groups is 2. The molecular weight excluding hydrogens is 308 g/mol. The summed E-state index contributed by atoms with van der Waals surface area (Å²) in [6.07, 6.45) is 0. The van der Waals surface area contributed by atoms with E-state index < -0.39 is 30.1 Å². The first kappa shape index (κ1) is 16.4. The summed E-state index contributed by atoms with van der Waals surface area (Å²) >= 11 is 0. The fourth-order valence-corrected chi connectivity index (χ4v) is 1.79. The molecule has 0 bridgehead atoms. The molecule has 0 aromatic heterocycles. The Kier molecular flexibility index (Phi) is 5.24. The topological polar surface area (TPSA) is 64.6 Å². The SMILES string of the molecule is COC(=O)c1ccccc1OCC(=O)Nc1cc(F)ccc1F. The molecule has 2 rings (SSSR count). The van der Waals surface area contributed by atoms with Gasteiger partial charge in [-0.05, 0) is 24.3 Å². The third-order valence-electron chi connectivity index (χ3n) is 2.85. The largest absolute Gasteiger partial charge is 0.483 e. The van der Waals surface area contributed by atoms with Gasteiger partial charge in [0.1, 0.15) is 22.9 Å². The van der Waals surface area contributed by atoms with E-state index >= 15 is 0 Å². The smallest absolute Gasteiger partial charge is 0.341 e. The number of anilines is 1. The number of benzene rings is 2. The Balaban J connectivity index is 2.02. The first-order valence-corrected chi connectivity index (χ1v) is 6.56. The van der Waals surface area contributed by atoms with Crippen LogP contribution in [0.25, 0.3) is 0 Å². The maximum absolute atomic E-state index is 13.4. The second-order valence-corrected chi connectivity index (χ2v) is 4.45. The van der Waals surface area contributed by atoms with Gasteiger partial charge in [-0.1, -0.05) is 12.1 Å². The van der Waals surface area contributed by atoms with E-state index in [-0.39, 0.29) is 17.0 Å². The Morgan fingerprint density at radius 3 is 2.61 bits per heavy atom. The molecule has 0 aliphatic carbocycles. The maximum atomic E-state index is 13.4. The van der Waals surface area contributed by atoms with Crippen molar-refractivity contribution in [2.45, 2.75) is 0 Å². The van der Waals surface area contributed by atoms with Crippen molar-refractivity contribution in [1.29, 1.82) is 0 Å². The molecule has 0 spiro atoms. The molecule has 2 aromatic rings. The molecule has 7 heteroatoms. The van der Waals surface area contributed by atoms with Crippen molar-refractivity contribution in [3.63, 3.8) is 0 Å². The van der Waals surface area contributed by atoms with Gasteiger partial charge in [-0.3, -0.25) is 4.79 Å². The van der Waals surface area contributed by atoms with Gasteiger partial charge >= 0.3 is 5.97 Å². The molecule has 0 aliphatic heterocycles. The van der Waals surface area contributed by atoms with E-state index in [1.165, 1.54) is 19.2 Å². The second-order valence-electron chi connectivity index (χ2n) is 4.45. The summed E-state index contributed by atoms with van der Waals surface area (Å²) < 4.78 is 36.3. The summed E-state index contributed by atoms with van der Waals surface area (Å²) in [6.45, 7) is -0.482. The predicted molar refractivity (Wildman–Crippen MR) is 78.3 cm³/mol. The van der Waals surface area contributed by atoms with Gasteiger partial charge in [-0.2, -0.15) is 0 Å². The van der Waals surface area contributed by atoms with E-state index in [0.717, 1.165) is 18.2 Å². The van der Waals surface area contributed by atoms with Crippen LogP contribution in [0.15, 0.2) is 42.5 Å². The Morgan fingerprint density at radius 1 is 1.13 bits per heavy atom. The van der Waals surface area contributed by atoms with Gasteiger partial charge in [0.15, 0.2) is 6.61 Å². The Hall–Kier alpha value is -2.96. The average Bonchev–Trinajstić information content (AvgIpc) is 2.56. The van der Waals surface area contributed by atoms with Crippen LogP contribution in [0.4, 0.5) is 14.5 Å². The van der Waals surface area contributed by atoms with Gasteiger partial charge in [0.05, 0.1) is 12.8 Å². The standard InChI is InChI=1S/C16H13F2NO4/c1-22-16(21)11-4-2-3-5-14(11)23-9-15(20)19-13-8-10(17)6-7-12(13)18/h2-8H,9H2,1H3,(H,19,20). The Morgan fingerprint density at radius 2 is 1.87 bits per heavy atom. The number of amides is 1. The number of carbonyl (C=O) groups excluding carboxylic acids is 2. The molecule has 0 radical (unpaired) electrons. The van der Waals surface area contributed by atoms with Crippen molar-refractivity contribution in [3.8, 4) is 5.75 Å². The van der Waals surface area contributed by atoms with E-state index in [9.17, 15) is 18.4 Å². The summed E-state index contributed by atoms with van der Waals surface area (Å²) in [5.41, 5.74) is -0.139. The fraction of sp³-hybridized carbons (Fsp3) is 0.125.